The monoisotopic (exact) mass is 666 g/mol. The molecule has 5 rings (SSSR count). The number of carbonyl (C=O) groups excluding carboxylic acids is 1. The minimum atomic E-state index is -4.33. The Labute approximate surface area is 275 Å². The molecule has 3 aromatic carbocycles. The Balaban J connectivity index is 0.000000266. The number of hydrogen-bond donors (Lipinski definition) is 0. The van der Waals surface area contributed by atoms with E-state index in [4.69, 9.17) is 18.9 Å². The Bertz CT molecular complexity index is 1490. The molecule has 2 bridgehead atoms. The van der Waals surface area contributed by atoms with Gasteiger partial charge >= 0.3 is 0 Å². The number of carbonyl (C=O) groups is 1. The van der Waals surface area contributed by atoms with E-state index in [2.05, 4.69) is 61.7 Å². The minimum Gasteiger partial charge on any atom is -0.748 e. The van der Waals surface area contributed by atoms with E-state index in [9.17, 15) is 17.8 Å². The van der Waals surface area contributed by atoms with E-state index in [0.29, 0.717) is 39.3 Å². The summed E-state index contributed by atoms with van der Waals surface area (Å²) in [6.07, 6.45) is 4.72. The van der Waals surface area contributed by atoms with Crippen molar-refractivity contribution < 1.29 is 36.7 Å². The Morgan fingerprint density at radius 2 is 1.28 bits per heavy atom. The van der Waals surface area contributed by atoms with Gasteiger partial charge in [-0.15, -0.1) is 0 Å². The summed E-state index contributed by atoms with van der Waals surface area (Å²) in [5.74, 6) is 1.36. The number of fused-ring (bicyclic) bond motifs is 2. The van der Waals surface area contributed by atoms with E-state index >= 15 is 0 Å². The van der Waals surface area contributed by atoms with Crippen LogP contribution in [0.1, 0.15) is 33.1 Å². The second-order valence-corrected chi connectivity index (χ2v) is 15.1. The van der Waals surface area contributed by atoms with E-state index in [1.165, 1.54) is 27.2 Å². The van der Waals surface area contributed by atoms with Crippen LogP contribution in [-0.2, 0) is 35.3 Å². The van der Waals surface area contributed by atoms with Gasteiger partial charge in [0, 0.05) is 11.8 Å². The van der Waals surface area contributed by atoms with E-state index in [1.54, 1.807) is 0 Å². The molecule has 8 nitrogen and oxygen atoms in total. The Hall–Kier alpha value is -3.73. The lowest BCUT2D eigenvalue weighted by Crippen LogP contribution is -2.42. The quantitative estimate of drug-likeness (QED) is 0.0755. The molecule has 3 aromatic rings. The number of ether oxygens (including phenoxy) is 4. The van der Waals surface area contributed by atoms with Crippen molar-refractivity contribution in [3.63, 3.8) is 0 Å². The molecule has 0 amide bonds. The molecule has 0 heterocycles. The first kappa shape index (κ1) is 35.1. The number of ketones is 1. The lowest BCUT2D eigenvalue weighted by atomic mass is 9.70. The summed E-state index contributed by atoms with van der Waals surface area (Å²) in [4.78, 5) is 15.5. The summed E-state index contributed by atoms with van der Waals surface area (Å²) in [6.45, 7) is 12.8. The fourth-order valence-electron chi connectivity index (χ4n) is 6.30. The van der Waals surface area contributed by atoms with Gasteiger partial charge in [0.1, 0.15) is 43.7 Å². The van der Waals surface area contributed by atoms with Gasteiger partial charge in [-0.05, 0) is 84.8 Å². The normalized spacial score (nSPS) is 19.6. The molecule has 246 valence electrons. The van der Waals surface area contributed by atoms with Crippen molar-refractivity contribution in [1.82, 2.24) is 0 Å². The number of benzene rings is 3. The first-order valence-electron chi connectivity index (χ1n) is 15.2. The van der Waals surface area contributed by atoms with Crippen molar-refractivity contribution in [2.45, 2.75) is 47.8 Å². The zero-order chi connectivity index (χ0) is 33.2. The summed E-state index contributed by atoms with van der Waals surface area (Å²) in [5.41, 5.74) is -1.22. The van der Waals surface area contributed by atoms with Crippen LogP contribution in [0.15, 0.2) is 119 Å². The van der Waals surface area contributed by atoms with Crippen LogP contribution >= 0.6 is 0 Å². The zero-order valence-corrected chi connectivity index (χ0v) is 28.0. The van der Waals surface area contributed by atoms with Crippen LogP contribution < -0.4 is 9.47 Å². The maximum absolute atomic E-state index is 11.8. The topological polar surface area (TPSA) is 111 Å². The Morgan fingerprint density at radius 1 is 0.804 bits per heavy atom. The second kappa shape index (κ2) is 15.7. The first-order valence-corrected chi connectivity index (χ1v) is 18.0. The average Bonchev–Trinajstić information content (AvgIpc) is 3.37. The average molecular weight is 667 g/mol. The fourth-order valence-corrected chi connectivity index (χ4v) is 9.64. The van der Waals surface area contributed by atoms with Crippen molar-refractivity contribution in [2.24, 2.45) is 16.7 Å². The third-order valence-corrected chi connectivity index (χ3v) is 11.9. The highest BCUT2D eigenvalue weighted by Crippen LogP contribution is 2.64. The van der Waals surface area contributed by atoms with Crippen LogP contribution in [0.5, 0.6) is 11.5 Å². The molecule has 46 heavy (non-hydrogen) atoms. The summed E-state index contributed by atoms with van der Waals surface area (Å²) in [7, 11) is -4.56. The zero-order valence-electron chi connectivity index (χ0n) is 26.4. The van der Waals surface area contributed by atoms with Gasteiger partial charge in [-0.2, -0.15) is 0 Å². The van der Waals surface area contributed by atoms with E-state index in [-0.39, 0.29) is 28.0 Å². The molecule has 0 radical (unpaired) electrons. The summed E-state index contributed by atoms with van der Waals surface area (Å²) in [5, 5.41) is 0. The van der Waals surface area contributed by atoms with Gasteiger partial charge in [0.05, 0.1) is 39.3 Å². The molecule has 0 aliphatic heterocycles. The predicted molar refractivity (Wildman–Crippen MR) is 178 cm³/mol. The molecule has 2 fully saturated rings. The fraction of sp³-hybridized carbons (Fsp3) is 0.361. The smallest absolute Gasteiger partial charge is 0.166 e. The van der Waals surface area contributed by atoms with Gasteiger partial charge < -0.3 is 23.5 Å². The summed E-state index contributed by atoms with van der Waals surface area (Å²) in [6, 6.07) is 27.0. The number of rotatable bonds is 15. The third kappa shape index (κ3) is 8.54. The van der Waals surface area contributed by atoms with Gasteiger partial charge in [-0.1, -0.05) is 45.2 Å². The van der Waals surface area contributed by atoms with Crippen LogP contribution in [0.25, 0.3) is 0 Å². The molecule has 0 N–H and O–H groups in total. The molecule has 0 aromatic heterocycles. The highest BCUT2D eigenvalue weighted by Gasteiger charge is 2.64. The molecule has 2 unspecified atom stereocenters. The molecule has 2 aliphatic carbocycles. The van der Waals surface area contributed by atoms with Crippen molar-refractivity contribution >= 4 is 26.8 Å². The lowest BCUT2D eigenvalue weighted by Gasteiger charge is -2.37. The Kier molecular flexibility index (Phi) is 12.0. The highest BCUT2D eigenvalue weighted by molar-refractivity contribution is 7.97. The molecule has 2 aliphatic rings. The van der Waals surface area contributed by atoms with Crippen LogP contribution in [0.3, 0.4) is 0 Å². The van der Waals surface area contributed by atoms with E-state index in [1.807, 2.05) is 44.2 Å². The highest BCUT2D eigenvalue weighted by atomic mass is 32.2. The predicted octanol–water partition coefficient (Wildman–Crippen LogP) is 6.79. The van der Waals surface area contributed by atoms with E-state index < -0.39 is 21.3 Å². The number of Topliss-reactive ketones (excluding diaryl/α,β-unsaturated/α-hetero) is 1. The maximum atomic E-state index is 11.8. The molecule has 0 saturated heterocycles. The summed E-state index contributed by atoms with van der Waals surface area (Å²) < 4.78 is 54.3. The van der Waals surface area contributed by atoms with Crippen LogP contribution in [-0.4, -0.2) is 50.9 Å². The minimum absolute atomic E-state index is 0.0248. The molecular formula is C36H42O8S2. The van der Waals surface area contributed by atoms with Gasteiger partial charge in [-0.3, -0.25) is 4.79 Å². The molecular weight excluding hydrogens is 625 g/mol. The van der Waals surface area contributed by atoms with Crippen molar-refractivity contribution in [1.29, 1.82) is 0 Å². The van der Waals surface area contributed by atoms with Crippen molar-refractivity contribution in [3.8, 4) is 11.5 Å². The number of hydrogen-bond acceptors (Lipinski definition) is 8. The molecule has 0 spiro atoms. The second-order valence-electron chi connectivity index (χ2n) is 11.7. The van der Waals surface area contributed by atoms with Gasteiger partial charge in [-0.25, -0.2) is 8.42 Å². The third-order valence-electron chi connectivity index (χ3n) is 8.84. The van der Waals surface area contributed by atoms with E-state index in [0.717, 1.165) is 17.9 Å². The van der Waals surface area contributed by atoms with Crippen molar-refractivity contribution in [3.05, 3.63) is 105 Å². The SMILES string of the molecule is C=COCCOc1ccc([S+](c2ccccc2)c2ccc(OCCOC=C)cc2)cc1.CC1(C)C2CCC1(CS(=O)(=O)[O-])C(=O)C2. The molecule has 2 saturated carbocycles. The van der Waals surface area contributed by atoms with Crippen LogP contribution in [0, 0.1) is 16.7 Å². The molecule has 2 atom stereocenters. The van der Waals surface area contributed by atoms with Crippen LogP contribution in [0.4, 0.5) is 0 Å². The lowest BCUT2D eigenvalue weighted by molar-refractivity contribution is -0.128. The van der Waals surface area contributed by atoms with Gasteiger partial charge in [0.15, 0.2) is 14.7 Å². The van der Waals surface area contributed by atoms with Crippen molar-refractivity contribution in [2.75, 3.05) is 32.2 Å². The largest absolute Gasteiger partial charge is 0.748 e. The Morgan fingerprint density at radius 3 is 1.67 bits per heavy atom. The molecule has 10 heteroatoms. The van der Waals surface area contributed by atoms with Gasteiger partial charge in [0.25, 0.3) is 0 Å². The maximum Gasteiger partial charge on any atom is 0.166 e. The van der Waals surface area contributed by atoms with Crippen LogP contribution in [0.2, 0.25) is 0 Å². The first-order chi connectivity index (χ1) is 22.0. The standard InChI is InChI=1S/C26H27O4S.C10H16O4S/c1-3-27-18-20-29-22-10-14-25(15-11-22)31(24-8-6-5-7-9-24)26-16-12-23(13-17-26)30-21-19-28-4-2;1-9(2)7-3-4-10(9,8(11)5-7)6-15(12,13)14/h3-17H,1-2,18-21H2;7H,3-6H2,1-2H3,(H,12,13,14)/q+1;/p-1. The van der Waals surface area contributed by atoms with Gasteiger partial charge in [0.2, 0.25) is 0 Å². The summed E-state index contributed by atoms with van der Waals surface area (Å²) >= 11 is 0.